The molecular formula is C16H12N2O4S3. The second kappa shape index (κ2) is 7.26. The summed E-state index contributed by atoms with van der Waals surface area (Å²) < 4.78 is 5.22. The lowest BCUT2D eigenvalue weighted by atomic mass is 10.2. The molecule has 0 aliphatic carbocycles. The number of aromatic hydroxyl groups is 1. The summed E-state index contributed by atoms with van der Waals surface area (Å²) in [7, 11) is 1.45. The standard InChI is InChI=1S/C16H12N2O4S3/c1-22-11-5-4-9(7-10(11)19)8-13-15(21)18(16(23)25-13)17-14(20)12-3-2-6-24-12/h2-8,19H,1H3,(H,17,20)/b13-8+. The number of phenolic OH excluding ortho intramolecular Hbond substituents is 1. The van der Waals surface area contributed by atoms with Gasteiger partial charge in [-0.05, 0) is 47.4 Å². The van der Waals surface area contributed by atoms with E-state index in [0.717, 1.165) is 16.8 Å². The lowest BCUT2D eigenvalue weighted by molar-refractivity contribution is -0.123. The topological polar surface area (TPSA) is 78.9 Å². The van der Waals surface area contributed by atoms with Crippen molar-refractivity contribution in [2.45, 2.75) is 0 Å². The number of thiocarbonyl (C=S) groups is 1. The number of methoxy groups -OCH3 is 1. The Hall–Kier alpha value is -2.36. The maximum absolute atomic E-state index is 12.5. The van der Waals surface area contributed by atoms with Crippen LogP contribution in [0.4, 0.5) is 0 Å². The minimum Gasteiger partial charge on any atom is -0.504 e. The first-order chi connectivity index (χ1) is 12.0. The molecule has 3 rings (SSSR count). The van der Waals surface area contributed by atoms with Crippen LogP contribution in [0.3, 0.4) is 0 Å². The van der Waals surface area contributed by atoms with E-state index in [1.165, 1.54) is 24.5 Å². The summed E-state index contributed by atoms with van der Waals surface area (Å²) in [6.45, 7) is 0. The van der Waals surface area contributed by atoms with Crippen molar-refractivity contribution in [2.24, 2.45) is 0 Å². The number of ether oxygens (including phenoxy) is 1. The molecule has 1 fully saturated rings. The van der Waals surface area contributed by atoms with Crippen molar-refractivity contribution in [2.75, 3.05) is 7.11 Å². The smallest absolute Gasteiger partial charge is 0.285 e. The van der Waals surface area contributed by atoms with Crippen molar-refractivity contribution in [3.63, 3.8) is 0 Å². The van der Waals surface area contributed by atoms with Gasteiger partial charge in [-0.2, -0.15) is 5.01 Å². The Balaban J connectivity index is 1.78. The second-order valence-electron chi connectivity index (χ2n) is 4.87. The van der Waals surface area contributed by atoms with Crippen LogP contribution < -0.4 is 10.2 Å². The highest BCUT2D eigenvalue weighted by Gasteiger charge is 2.33. The first-order valence-electron chi connectivity index (χ1n) is 6.99. The normalized spacial score (nSPS) is 15.7. The van der Waals surface area contributed by atoms with Gasteiger partial charge in [-0.25, -0.2) is 0 Å². The molecule has 0 bridgehead atoms. The van der Waals surface area contributed by atoms with E-state index in [9.17, 15) is 14.7 Å². The highest BCUT2D eigenvalue weighted by Crippen LogP contribution is 2.33. The van der Waals surface area contributed by atoms with Crippen LogP contribution in [0.5, 0.6) is 11.5 Å². The Labute approximate surface area is 157 Å². The molecule has 6 nitrogen and oxygen atoms in total. The lowest BCUT2D eigenvalue weighted by Crippen LogP contribution is -2.44. The van der Waals surface area contributed by atoms with E-state index >= 15 is 0 Å². The number of rotatable bonds is 4. The summed E-state index contributed by atoms with van der Waals surface area (Å²) in [5.41, 5.74) is 3.12. The molecule has 0 saturated carbocycles. The number of carbonyl (C=O) groups excluding carboxylic acids is 2. The van der Waals surface area contributed by atoms with Gasteiger partial charge in [0.05, 0.1) is 16.9 Å². The molecule has 25 heavy (non-hydrogen) atoms. The molecule has 0 unspecified atom stereocenters. The number of thioether (sulfide) groups is 1. The Kier molecular flexibility index (Phi) is 5.07. The van der Waals surface area contributed by atoms with Crippen molar-refractivity contribution in [3.8, 4) is 11.5 Å². The number of nitrogens with zero attached hydrogens (tertiary/aromatic N) is 1. The van der Waals surface area contributed by atoms with Crippen molar-refractivity contribution in [1.29, 1.82) is 0 Å². The summed E-state index contributed by atoms with van der Waals surface area (Å²) in [5.74, 6) is -0.504. The number of phenols is 1. The molecule has 128 valence electrons. The SMILES string of the molecule is COc1ccc(/C=C2/SC(=S)N(NC(=O)c3cccs3)C2=O)cc1O. The molecule has 0 spiro atoms. The van der Waals surface area contributed by atoms with Gasteiger partial charge < -0.3 is 9.84 Å². The number of amides is 2. The van der Waals surface area contributed by atoms with Crippen LogP contribution in [0.2, 0.25) is 0 Å². The fourth-order valence-electron chi connectivity index (χ4n) is 2.08. The van der Waals surface area contributed by atoms with Crippen molar-refractivity contribution in [3.05, 3.63) is 51.1 Å². The molecule has 2 heterocycles. The van der Waals surface area contributed by atoms with Gasteiger partial charge in [0.25, 0.3) is 11.8 Å². The van der Waals surface area contributed by atoms with Crippen LogP contribution in [0.1, 0.15) is 15.2 Å². The van der Waals surface area contributed by atoms with Gasteiger partial charge in [0, 0.05) is 0 Å². The molecule has 2 aromatic rings. The predicted molar refractivity (Wildman–Crippen MR) is 101 cm³/mol. The van der Waals surface area contributed by atoms with Gasteiger partial charge in [0.2, 0.25) is 0 Å². The fourth-order valence-corrected chi connectivity index (χ4v) is 3.87. The van der Waals surface area contributed by atoms with Crippen LogP contribution in [-0.4, -0.2) is 33.4 Å². The largest absolute Gasteiger partial charge is 0.504 e. The number of thiophene rings is 1. The number of nitrogens with one attached hydrogen (secondary N) is 1. The minimum atomic E-state index is -0.421. The molecule has 1 aliphatic rings. The van der Waals surface area contributed by atoms with E-state index in [2.05, 4.69) is 5.43 Å². The van der Waals surface area contributed by atoms with Crippen molar-refractivity contribution >= 4 is 57.5 Å². The van der Waals surface area contributed by atoms with E-state index in [1.807, 2.05) is 0 Å². The molecule has 2 amide bonds. The highest BCUT2D eigenvalue weighted by atomic mass is 32.2. The first kappa shape index (κ1) is 17.5. The van der Waals surface area contributed by atoms with Crippen LogP contribution in [0.15, 0.2) is 40.6 Å². The average molecular weight is 392 g/mol. The van der Waals surface area contributed by atoms with E-state index in [4.69, 9.17) is 17.0 Å². The highest BCUT2D eigenvalue weighted by molar-refractivity contribution is 8.26. The molecule has 9 heteroatoms. The van der Waals surface area contributed by atoms with Crippen molar-refractivity contribution in [1.82, 2.24) is 10.4 Å². The summed E-state index contributed by atoms with van der Waals surface area (Å²) in [6.07, 6.45) is 1.59. The molecule has 0 radical (unpaired) electrons. The Morgan fingerprint density at radius 3 is 2.84 bits per heavy atom. The summed E-state index contributed by atoms with van der Waals surface area (Å²) in [6, 6.07) is 8.19. The molecule has 1 aromatic heterocycles. The van der Waals surface area contributed by atoms with E-state index < -0.39 is 11.8 Å². The zero-order chi connectivity index (χ0) is 18.0. The third kappa shape index (κ3) is 3.68. The van der Waals surface area contributed by atoms with Gasteiger partial charge in [0.1, 0.15) is 0 Å². The minimum absolute atomic E-state index is 0.0299. The van der Waals surface area contributed by atoms with E-state index in [0.29, 0.717) is 21.1 Å². The number of hydrazine groups is 1. The second-order valence-corrected chi connectivity index (χ2v) is 7.49. The fraction of sp³-hybridized carbons (Fsp3) is 0.0625. The predicted octanol–water partition coefficient (Wildman–Crippen LogP) is 3.01. The maximum Gasteiger partial charge on any atom is 0.285 e. The average Bonchev–Trinajstić information content (AvgIpc) is 3.20. The van der Waals surface area contributed by atoms with Gasteiger partial charge in [-0.3, -0.25) is 15.0 Å². The first-order valence-corrected chi connectivity index (χ1v) is 9.09. The Bertz CT molecular complexity index is 878. The summed E-state index contributed by atoms with van der Waals surface area (Å²) in [4.78, 5) is 25.4. The van der Waals surface area contributed by atoms with Crippen LogP contribution in [-0.2, 0) is 4.79 Å². The molecule has 2 N–H and O–H groups in total. The van der Waals surface area contributed by atoms with Crippen LogP contribution >= 0.6 is 35.3 Å². The monoisotopic (exact) mass is 392 g/mol. The van der Waals surface area contributed by atoms with Crippen molar-refractivity contribution < 1.29 is 19.4 Å². The molecule has 0 atom stereocenters. The zero-order valence-electron chi connectivity index (χ0n) is 12.9. The summed E-state index contributed by atoms with van der Waals surface area (Å²) >= 11 is 7.52. The third-order valence-electron chi connectivity index (χ3n) is 3.25. The number of hydrogen-bond acceptors (Lipinski definition) is 7. The number of carbonyl (C=O) groups is 2. The van der Waals surface area contributed by atoms with Crippen LogP contribution in [0.25, 0.3) is 6.08 Å². The van der Waals surface area contributed by atoms with Gasteiger partial charge in [-0.15, -0.1) is 11.3 Å². The third-order valence-corrected chi connectivity index (χ3v) is 5.42. The lowest BCUT2D eigenvalue weighted by Gasteiger charge is -2.14. The zero-order valence-corrected chi connectivity index (χ0v) is 15.3. The van der Waals surface area contributed by atoms with Crippen LogP contribution in [0, 0.1) is 0 Å². The van der Waals surface area contributed by atoms with E-state index in [1.54, 1.807) is 35.7 Å². The Morgan fingerprint density at radius 1 is 1.40 bits per heavy atom. The molecule has 1 aromatic carbocycles. The molecular weight excluding hydrogens is 380 g/mol. The number of benzene rings is 1. The summed E-state index contributed by atoms with van der Waals surface area (Å²) in [5, 5.41) is 12.6. The molecule has 1 saturated heterocycles. The number of hydrogen-bond donors (Lipinski definition) is 2. The van der Waals surface area contributed by atoms with Gasteiger partial charge >= 0.3 is 0 Å². The van der Waals surface area contributed by atoms with Gasteiger partial charge in [-0.1, -0.05) is 23.9 Å². The van der Waals surface area contributed by atoms with E-state index in [-0.39, 0.29) is 10.1 Å². The van der Waals surface area contributed by atoms with Gasteiger partial charge in [0.15, 0.2) is 15.8 Å². The maximum atomic E-state index is 12.5. The Morgan fingerprint density at radius 2 is 2.20 bits per heavy atom. The molecule has 1 aliphatic heterocycles. The quantitative estimate of drug-likeness (QED) is 0.615.